The van der Waals surface area contributed by atoms with Crippen LogP contribution in [0.15, 0.2) is 69.0 Å². The summed E-state index contributed by atoms with van der Waals surface area (Å²) in [6, 6.07) is 8.95. The highest BCUT2D eigenvalue weighted by atomic mass is 19.4. The number of alkyl halides is 6. The summed E-state index contributed by atoms with van der Waals surface area (Å²) >= 11 is 0. The zero-order valence-electron chi connectivity index (χ0n) is 16.2. The number of benzene rings is 2. The van der Waals surface area contributed by atoms with Crippen LogP contribution in [0.2, 0.25) is 0 Å². The summed E-state index contributed by atoms with van der Waals surface area (Å²) in [7, 11) is 0. The van der Waals surface area contributed by atoms with Crippen molar-refractivity contribution in [2.45, 2.75) is 23.7 Å². The van der Waals surface area contributed by atoms with Crippen molar-refractivity contribution in [3.63, 3.8) is 0 Å². The first-order chi connectivity index (χ1) is 15.4. The standard InChI is InChI=1S/C19H12F6N6O2/c20-18(21,22)16(28-29-16)12-5-1-10(2-6-12)14(32)26-9-27-15(33)11-3-7-13(8-4-11)17(30-31-17)19(23,24)25/h1-8H,9H2,(H,26,32)(H,27,33). The molecular weight excluding hydrogens is 458 g/mol. The molecule has 2 aromatic carbocycles. The molecule has 14 heteroatoms. The molecule has 2 heterocycles. The van der Waals surface area contributed by atoms with Crippen LogP contribution in [0.5, 0.6) is 0 Å². The van der Waals surface area contributed by atoms with Crippen molar-refractivity contribution in [3.8, 4) is 0 Å². The van der Waals surface area contributed by atoms with Gasteiger partial charge in [0, 0.05) is 22.3 Å². The molecule has 4 rings (SSSR count). The second-order valence-corrected chi connectivity index (χ2v) is 7.08. The average Bonchev–Trinajstić information content (AvgIpc) is 3.66. The topological polar surface area (TPSA) is 108 Å². The number of rotatable bonds is 6. The smallest absolute Gasteiger partial charge is 0.335 e. The summed E-state index contributed by atoms with van der Waals surface area (Å²) in [4.78, 5) is 24.3. The summed E-state index contributed by atoms with van der Waals surface area (Å²) < 4.78 is 78.0. The lowest BCUT2D eigenvalue weighted by Crippen LogP contribution is -2.37. The molecule has 33 heavy (non-hydrogen) atoms. The first-order valence-corrected chi connectivity index (χ1v) is 9.19. The lowest BCUT2D eigenvalue weighted by Gasteiger charge is -2.15. The van der Waals surface area contributed by atoms with Gasteiger partial charge in [0.05, 0.1) is 6.67 Å². The number of nitrogens with one attached hydrogen (secondary N) is 2. The molecule has 0 aliphatic carbocycles. The Morgan fingerprint density at radius 3 is 1.18 bits per heavy atom. The number of hydrogen-bond acceptors (Lipinski definition) is 6. The predicted molar refractivity (Wildman–Crippen MR) is 97.9 cm³/mol. The molecule has 0 aromatic heterocycles. The summed E-state index contributed by atoms with van der Waals surface area (Å²) in [5.41, 5.74) is -5.58. The summed E-state index contributed by atoms with van der Waals surface area (Å²) in [6.07, 6.45) is -9.37. The van der Waals surface area contributed by atoms with Gasteiger partial charge in [0.15, 0.2) is 0 Å². The minimum Gasteiger partial charge on any atom is -0.335 e. The van der Waals surface area contributed by atoms with Gasteiger partial charge in [-0.05, 0) is 24.3 Å². The second-order valence-electron chi connectivity index (χ2n) is 7.08. The minimum absolute atomic E-state index is 0.0321. The molecule has 2 N–H and O–H groups in total. The molecule has 0 bridgehead atoms. The molecule has 8 nitrogen and oxygen atoms in total. The van der Waals surface area contributed by atoms with Gasteiger partial charge in [0.25, 0.3) is 11.8 Å². The Labute approximate surface area is 180 Å². The van der Waals surface area contributed by atoms with Crippen molar-refractivity contribution in [2.24, 2.45) is 20.5 Å². The molecule has 0 saturated carbocycles. The van der Waals surface area contributed by atoms with E-state index in [9.17, 15) is 35.9 Å². The van der Waals surface area contributed by atoms with Gasteiger partial charge in [0.1, 0.15) is 0 Å². The summed E-state index contributed by atoms with van der Waals surface area (Å²) in [5.74, 6) is -1.35. The van der Waals surface area contributed by atoms with Gasteiger partial charge in [0.2, 0.25) is 0 Å². The van der Waals surface area contributed by atoms with Crippen LogP contribution in [-0.4, -0.2) is 30.8 Å². The van der Waals surface area contributed by atoms with Crippen molar-refractivity contribution < 1.29 is 35.9 Å². The Morgan fingerprint density at radius 2 is 0.939 bits per heavy atom. The largest absolute Gasteiger partial charge is 0.442 e. The van der Waals surface area contributed by atoms with Crippen LogP contribution < -0.4 is 10.6 Å². The third-order valence-electron chi connectivity index (χ3n) is 4.99. The van der Waals surface area contributed by atoms with Crippen LogP contribution in [0.4, 0.5) is 26.3 Å². The fourth-order valence-corrected chi connectivity index (χ4v) is 3.00. The van der Waals surface area contributed by atoms with Crippen molar-refractivity contribution in [1.29, 1.82) is 0 Å². The molecule has 0 fully saturated rings. The van der Waals surface area contributed by atoms with Gasteiger partial charge in [-0.15, -0.1) is 20.5 Å². The molecular formula is C19H12F6N6O2. The van der Waals surface area contributed by atoms with E-state index < -0.39 is 35.5 Å². The quantitative estimate of drug-likeness (QED) is 0.489. The van der Waals surface area contributed by atoms with Crippen LogP contribution in [-0.2, 0) is 11.3 Å². The Morgan fingerprint density at radius 1 is 0.636 bits per heavy atom. The fourth-order valence-electron chi connectivity index (χ4n) is 3.00. The van der Waals surface area contributed by atoms with Crippen molar-refractivity contribution in [1.82, 2.24) is 10.6 Å². The number of halogens is 6. The maximum atomic E-state index is 13.0. The zero-order valence-corrected chi connectivity index (χ0v) is 16.2. The van der Waals surface area contributed by atoms with Gasteiger partial charge < -0.3 is 10.6 Å². The number of nitrogens with zero attached hydrogens (tertiary/aromatic N) is 4. The third kappa shape index (κ3) is 3.91. The van der Waals surface area contributed by atoms with Gasteiger partial charge in [-0.1, -0.05) is 24.3 Å². The summed E-state index contributed by atoms with van der Waals surface area (Å²) in [6.45, 7) is -0.338. The Balaban J connectivity index is 1.30. The van der Waals surface area contributed by atoms with E-state index >= 15 is 0 Å². The normalized spacial score (nSPS) is 17.4. The molecule has 0 atom stereocenters. The maximum Gasteiger partial charge on any atom is 0.442 e. The van der Waals surface area contributed by atoms with E-state index in [1.165, 1.54) is 0 Å². The fraction of sp³-hybridized carbons (Fsp3) is 0.263. The molecule has 2 aromatic rings. The molecule has 2 amide bonds. The monoisotopic (exact) mass is 470 g/mol. The maximum absolute atomic E-state index is 13.0. The van der Waals surface area contributed by atoms with Crippen LogP contribution in [0.1, 0.15) is 31.8 Å². The van der Waals surface area contributed by atoms with E-state index in [0.29, 0.717) is 0 Å². The highest BCUT2D eigenvalue weighted by molar-refractivity contribution is 5.96. The molecule has 0 saturated heterocycles. The number of carbonyl (C=O) groups excluding carboxylic acids is 2. The van der Waals surface area contributed by atoms with Crippen LogP contribution in [0.3, 0.4) is 0 Å². The van der Waals surface area contributed by atoms with Crippen molar-refractivity contribution in [2.75, 3.05) is 6.67 Å². The van der Waals surface area contributed by atoms with Gasteiger partial charge in [-0.3, -0.25) is 9.59 Å². The van der Waals surface area contributed by atoms with Crippen molar-refractivity contribution in [3.05, 3.63) is 70.8 Å². The van der Waals surface area contributed by atoms with Crippen molar-refractivity contribution >= 4 is 11.8 Å². The van der Waals surface area contributed by atoms with E-state index in [1.807, 2.05) is 0 Å². The second kappa shape index (κ2) is 7.35. The van der Waals surface area contributed by atoms with E-state index in [4.69, 9.17) is 0 Å². The van der Waals surface area contributed by atoms with Gasteiger partial charge >= 0.3 is 23.7 Å². The molecule has 0 radical (unpaired) electrons. The average molecular weight is 470 g/mol. The Bertz CT molecular complexity index is 1050. The van der Waals surface area contributed by atoms with E-state index in [1.54, 1.807) is 0 Å². The third-order valence-corrected chi connectivity index (χ3v) is 4.99. The van der Waals surface area contributed by atoms with Crippen LogP contribution in [0, 0.1) is 0 Å². The van der Waals surface area contributed by atoms with E-state index in [2.05, 4.69) is 31.1 Å². The molecule has 172 valence electrons. The number of hydrogen-bond donors (Lipinski definition) is 2. The highest BCUT2D eigenvalue weighted by Gasteiger charge is 2.65. The molecule has 0 spiro atoms. The number of carbonyl (C=O) groups is 2. The highest BCUT2D eigenvalue weighted by Crippen LogP contribution is 2.53. The first-order valence-electron chi connectivity index (χ1n) is 9.19. The Hall–Kier alpha value is -3.84. The van der Waals surface area contributed by atoms with Gasteiger partial charge in [-0.25, -0.2) is 0 Å². The lowest BCUT2D eigenvalue weighted by atomic mass is 10.0. The lowest BCUT2D eigenvalue weighted by molar-refractivity contribution is -0.166. The molecule has 2 aliphatic rings. The van der Waals surface area contributed by atoms with Crippen LogP contribution in [0.25, 0.3) is 0 Å². The molecule has 0 unspecified atom stereocenters. The molecule has 2 aliphatic heterocycles. The van der Waals surface area contributed by atoms with Gasteiger partial charge in [-0.2, -0.15) is 26.3 Å². The first kappa shape index (κ1) is 22.4. The van der Waals surface area contributed by atoms with E-state index in [-0.39, 0.29) is 28.9 Å². The summed E-state index contributed by atoms with van der Waals surface area (Å²) in [5, 5.41) is 17.0. The predicted octanol–water partition coefficient (Wildman–Crippen LogP) is 4.17. The minimum atomic E-state index is -4.69. The number of amides is 2. The Kier molecular flexibility index (Phi) is 4.98. The van der Waals surface area contributed by atoms with Crippen LogP contribution >= 0.6 is 0 Å². The zero-order chi connectivity index (χ0) is 24.1. The van der Waals surface area contributed by atoms with E-state index in [0.717, 1.165) is 48.5 Å². The SMILES string of the molecule is O=C(NCNC(=O)c1ccc(C2(C(F)(F)F)N=N2)cc1)c1ccc(C2(C(F)(F)F)N=N2)cc1.